The summed E-state index contributed by atoms with van der Waals surface area (Å²) in [5.74, 6) is 0.766. The first kappa shape index (κ1) is 10.3. The van der Waals surface area contributed by atoms with Gasteiger partial charge in [0, 0.05) is 11.6 Å². The first-order valence-corrected chi connectivity index (χ1v) is 4.93. The lowest BCUT2D eigenvalue weighted by molar-refractivity contribution is 0.459. The molecule has 1 N–H and O–H groups in total. The minimum absolute atomic E-state index is 0.446. The van der Waals surface area contributed by atoms with Gasteiger partial charge in [0.05, 0.1) is 12.5 Å². The monoisotopic (exact) mass is 181 g/mol. The lowest BCUT2D eigenvalue weighted by Crippen LogP contribution is -2.16. The molecule has 2 heteroatoms. The van der Waals surface area contributed by atoms with Crippen LogP contribution in [0.3, 0.4) is 0 Å². The molecule has 0 aromatic carbocycles. The van der Waals surface area contributed by atoms with E-state index >= 15 is 0 Å². The zero-order chi connectivity index (χ0) is 9.68. The average Bonchev–Trinajstić information content (AvgIpc) is 2.58. The van der Waals surface area contributed by atoms with Crippen molar-refractivity contribution in [2.24, 2.45) is 5.92 Å². The van der Waals surface area contributed by atoms with Gasteiger partial charge in [-0.3, -0.25) is 0 Å². The molecule has 0 fully saturated rings. The highest BCUT2D eigenvalue weighted by Crippen LogP contribution is 2.20. The van der Waals surface area contributed by atoms with E-state index in [0.717, 1.165) is 5.92 Å². The molecule has 0 radical (unpaired) electrons. The second-order valence-electron chi connectivity index (χ2n) is 3.87. The predicted octanol–water partition coefficient (Wildman–Crippen LogP) is 2.98. The summed E-state index contributed by atoms with van der Waals surface area (Å²) >= 11 is 0. The van der Waals surface area contributed by atoms with Gasteiger partial charge >= 0.3 is 0 Å². The number of hydrogen-bond donors (Lipinski definition) is 1. The molecule has 1 unspecified atom stereocenters. The molecule has 0 aliphatic carbocycles. The molecule has 0 aliphatic rings. The van der Waals surface area contributed by atoms with Gasteiger partial charge in [-0.25, -0.2) is 0 Å². The fraction of sp³-hybridized carbons (Fsp3) is 0.636. The molecule has 0 aliphatic heterocycles. The molecule has 1 atom stereocenters. The van der Waals surface area contributed by atoms with Crippen molar-refractivity contribution in [2.45, 2.75) is 32.7 Å². The highest BCUT2D eigenvalue weighted by molar-refractivity contribution is 5.11. The van der Waals surface area contributed by atoms with Gasteiger partial charge in [-0.15, -0.1) is 0 Å². The van der Waals surface area contributed by atoms with E-state index in [-0.39, 0.29) is 0 Å². The maximum Gasteiger partial charge on any atom is 0.0950 e. The van der Waals surface area contributed by atoms with Crippen LogP contribution in [-0.2, 0) is 0 Å². The van der Waals surface area contributed by atoms with Gasteiger partial charge in [-0.1, -0.05) is 13.8 Å². The summed E-state index contributed by atoms with van der Waals surface area (Å²) in [5, 5.41) is 3.30. The summed E-state index contributed by atoms with van der Waals surface area (Å²) < 4.78 is 5.06. The lowest BCUT2D eigenvalue weighted by atomic mass is 10.00. The fourth-order valence-electron chi connectivity index (χ4n) is 1.45. The molecule has 0 saturated heterocycles. The van der Waals surface area contributed by atoms with E-state index < -0.39 is 0 Å². The van der Waals surface area contributed by atoms with Crippen LogP contribution in [0.25, 0.3) is 0 Å². The molecule has 1 heterocycles. The molecular weight excluding hydrogens is 162 g/mol. The third-order valence-corrected chi connectivity index (χ3v) is 2.33. The van der Waals surface area contributed by atoms with E-state index in [1.807, 2.05) is 19.4 Å². The minimum Gasteiger partial charge on any atom is -0.472 e. The van der Waals surface area contributed by atoms with Crippen molar-refractivity contribution in [1.29, 1.82) is 0 Å². The summed E-state index contributed by atoms with van der Waals surface area (Å²) in [4.78, 5) is 0. The van der Waals surface area contributed by atoms with Crippen LogP contribution in [0.4, 0.5) is 0 Å². The highest BCUT2D eigenvalue weighted by atomic mass is 16.3. The second-order valence-corrected chi connectivity index (χ2v) is 3.87. The van der Waals surface area contributed by atoms with Crippen LogP contribution < -0.4 is 5.32 Å². The first-order valence-electron chi connectivity index (χ1n) is 4.93. The summed E-state index contributed by atoms with van der Waals surface area (Å²) in [6, 6.07) is 2.47. The van der Waals surface area contributed by atoms with Gasteiger partial charge in [0.25, 0.3) is 0 Å². The van der Waals surface area contributed by atoms with Crippen molar-refractivity contribution >= 4 is 0 Å². The molecular formula is C11H19NO. The van der Waals surface area contributed by atoms with Crippen LogP contribution in [0.2, 0.25) is 0 Å². The normalized spacial score (nSPS) is 13.5. The van der Waals surface area contributed by atoms with E-state index in [1.54, 1.807) is 6.26 Å². The molecule has 0 spiro atoms. The Bertz CT molecular complexity index is 216. The number of furan rings is 1. The standard InChI is InChI=1S/C11H19NO/c1-9(2)4-5-11(12-3)10-6-7-13-8-10/h6-9,11-12H,4-5H2,1-3H3. The number of rotatable bonds is 5. The Morgan fingerprint density at radius 1 is 1.38 bits per heavy atom. The third-order valence-electron chi connectivity index (χ3n) is 2.33. The average molecular weight is 181 g/mol. The van der Waals surface area contributed by atoms with E-state index in [9.17, 15) is 0 Å². The second kappa shape index (κ2) is 5.07. The van der Waals surface area contributed by atoms with Crippen LogP contribution in [0.5, 0.6) is 0 Å². The molecule has 1 rings (SSSR count). The van der Waals surface area contributed by atoms with Gasteiger partial charge in [0.15, 0.2) is 0 Å². The van der Waals surface area contributed by atoms with E-state index in [1.165, 1.54) is 18.4 Å². The Morgan fingerprint density at radius 2 is 2.15 bits per heavy atom. The van der Waals surface area contributed by atoms with Crippen molar-refractivity contribution in [3.8, 4) is 0 Å². The molecule has 13 heavy (non-hydrogen) atoms. The topological polar surface area (TPSA) is 25.2 Å². The molecule has 74 valence electrons. The van der Waals surface area contributed by atoms with Gasteiger partial charge in [0.2, 0.25) is 0 Å². The highest BCUT2D eigenvalue weighted by Gasteiger charge is 2.10. The largest absolute Gasteiger partial charge is 0.472 e. The van der Waals surface area contributed by atoms with Crippen molar-refractivity contribution < 1.29 is 4.42 Å². The summed E-state index contributed by atoms with van der Waals surface area (Å²) in [7, 11) is 2.00. The van der Waals surface area contributed by atoms with E-state index in [2.05, 4.69) is 19.2 Å². The maximum absolute atomic E-state index is 5.06. The predicted molar refractivity (Wildman–Crippen MR) is 54.6 cm³/mol. The van der Waals surface area contributed by atoms with Crippen molar-refractivity contribution in [3.05, 3.63) is 24.2 Å². The van der Waals surface area contributed by atoms with Crippen molar-refractivity contribution in [3.63, 3.8) is 0 Å². The van der Waals surface area contributed by atoms with E-state index in [0.29, 0.717) is 6.04 Å². The van der Waals surface area contributed by atoms with Gasteiger partial charge < -0.3 is 9.73 Å². The Labute approximate surface area is 80.3 Å². The van der Waals surface area contributed by atoms with Crippen LogP contribution in [-0.4, -0.2) is 7.05 Å². The maximum atomic E-state index is 5.06. The van der Waals surface area contributed by atoms with Crippen molar-refractivity contribution in [2.75, 3.05) is 7.05 Å². The Balaban J connectivity index is 2.44. The quantitative estimate of drug-likeness (QED) is 0.755. The number of hydrogen-bond acceptors (Lipinski definition) is 2. The Hall–Kier alpha value is -0.760. The lowest BCUT2D eigenvalue weighted by Gasteiger charge is -2.15. The SMILES string of the molecule is CNC(CCC(C)C)c1ccoc1. The van der Waals surface area contributed by atoms with Gasteiger partial charge in [-0.2, -0.15) is 0 Å². The smallest absolute Gasteiger partial charge is 0.0950 e. The zero-order valence-electron chi connectivity index (χ0n) is 8.71. The molecule has 1 aromatic rings. The van der Waals surface area contributed by atoms with Crippen LogP contribution in [0, 0.1) is 5.92 Å². The summed E-state index contributed by atoms with van der Waals surface area (Å²) in [5.41, 5.74) is 1.25. The summed E-state index contributed by atoms with van der Waals surface area (Å²) in [6.45, 7) is 4.50. The third kappa shape index (κ3) is 3.23. The van der Waals surface area contributed by atoms with Gasteiger partial charge in [0.1, 0.15) is 0 Å². The first-order chi connectivity index (χ1) is 6.24. The van der Waals surface area contributed by atoms with E-state index in [4.69, 9.17) is 4.42 Å². The van der Waals surface area contributed by atoms with Crippen LogP contribution >= 0.6 is 0 Å². The molecule has 0 saturated carbocycles. The van der Waals surface area contributed by atoms with Crippen LogP contribution in [0.1, 0.15) is 38.3 Å². The molecule has 1 aromatic heterocycles. The minimum atomic E-state index is 0.446. The Morgan fingerprint density at radius 3 is 2.62 bits per heavy atom. The molecule has 0 bridgehead atoms. The molecule has 0 amide bonds. The van der Waals surface area contributed by atoms with Gasteiger partial charge in [-0.05, 0) is 31.9 Å². The summed E-state index contributed by atoms with van der Waals surface area (Å²) in [6.07, 6.45) is 5.97. The zero-order valence-corrected chi connectivity index (χ0v) is 8.71. The fourth-order valence-corrected chi connectivity index (χ4v) is 1.45. The number of nitrogens with one attached hydrogen (secondary N) is 1. The van der Waals surface area contributed by atoms with Crippen LogP contribution in [0.15, 0.2) is 23.0 Å². The molecule has 2 nitrogen and oxygen atoms in total. The van der Waals surface area contributed by atoms with Crippen molar-refractivity contribution in [1.82, 2.24) is 5.32 Å². The Kier molecular flexibility index (Phi) is 4.03.